The standard InChI is InChI=1S/C10H17N3O3/c1-14-6-8(11)10-12-9(13-16-10)7-3-2-4-15-5-7/h7-8H,2-6,11H2,1H3. The lowest BCUT2D eigenvalue weighted by molar-refractivity contribution is 0.0773. The molecule has 1 aromatic heterocycles. The van der Waals surface area contributed by atoms with Crippen molar-refractivity contribution in [2.24, 2.45) is 5.73 Å². The molecule has 2 N–H and O–H groups in total. The van der Waals surface area contributed by atoms with Crippen molar-refractivity contribution in [2.45, 2.75) is 24.8 Å². The van der Waals surface area contributed by atoms with Gasteiger partial charge in [-0.1, -0.05) is 5.16 Å². The molecule has 1 aromatic rings. The molecule has 6 nitrogen and oxygen atoms in total. The van der Waals surface area contributed by atoms with Gasteiger partial charge < -0.3 is 19.7 Å². The SMILES string of the molecule is COCC(N)c1nc(C2CCCOC2)no1. The summed E-state index contributed by atoms with van der Waals surface area (Å²) >= 11 is 0. The number of rotatable bonds is 4. The Labute approximate surface area is 94.1 Å². The zero-order chi connectivity index (χ0) is 11.4. The third kappa shape index (κ3) is 2.58. The van der Waals surface area contributed by atoms with Crippen molar-refractivity contribution in [1.29, 1.82) is 0 Å². The van der Waals surface area contributed by atoms with Crippen molar-refractivity contribution < 1.29 is 14.0 Å². The van der Waals surface area contributed by atoms with E-state index in [1.807, 2.05) is 0 Å². The number of aromatic nitrogens is 2. The maximum Gasteiger partial charge on any atom is 0.245 e. The summed E-state index contributed by atoms with van der Waals surface area (Å²) in [6, 6.07) is -0.351. The van der Waals surface area contributed by atoms with Gasteiger partial charge in [0.25, 0.3) is 0 Å². The molecule has 0 amide bonds. The van der Waals surface area contributed by atoms with Gasteiger partial charge in [-0.15, -0.1) is 0 Å². The van der Waals surface area contributed by atoms with E-state index in [1.54, 1.807) is 7.11 Å². The molecule has 1 saturated heterocycles. The van der Waals surface area contributed by atoms with Gasteiger partial charge in [0, 0.05) is 19.6 Å². The third-order valence-electron chi connectivity index (χ3n) is 2.65. The fraction of sp³-hybridized carbons (Fsp3) is 0.800. The van der Waals surface area contributed by atoms with Crippen LogP contribution in [0.25, 0.3) is 0 Å². The summed E-state index contributed by atoms with van der Waals surface area (Å²) in [5, 5.41) is 3.94. The van der Waals surface area contributed by atoms with Crippen molar-refractivity contribution in [1.82, 2.24) is 10.1 Å². The van der Waals surface area contributed by atoms with Gasteiger partial charge in [-0.2, -0.15) is 4.98 Å². The molecule has 0 aliphatic carbocycles. The molecule has 0 spiro atoms. The molecule has 16 heavy (non-hydrogen) atoms. The summed E-state index contributed by atoms with van der Waals surface area (Å²) < 4.78 is 15.4. The Hall–Kier alpha value is -0.980. The van der Waals surface area contributed by atoms with Gasteiger partial charge in [0.2, 0.25) is 5.89 Å². The van der Waals surface area contributed by atoms with Crippen molar-refractivity contribution in [3.8, 4) is 0 Å². The summed E-state index contributed by atoms with van der Waals surface area (Å²) in [6.07, 6.45) is 2.08. The number of hydrogen-bond donors (Lipinski definition) is 1. The van der Waals surface area contributed by atoms with E-state index in [1.165, 1.54) is 0 Å². The van der Waals surface area contributed by atoms with E-state index in [-0.39, 0.29) is 12.0 Å². The first kappa shape index (κ1) is 11.5. The lowest BCUT2D eigenvalue weighted by atomic mass is 10.0. The molecule has 1 fully saturated rings. The molecule has 0 radical (unpaired) electrons. The van der Waals surface area contributed by atoms with E-state index in [0.717, 1.165) is 19.4 Å². The minimum absolute atomic E-state index is 0.237. The molecule has 0 aromatic carbocycles. The molecule has 1 aliphatic rings. The highest BCUT2D eigenvalue weighted by molar-refractivity contribution is 4.99. The van der Waals surface area contributed by atoms with Crippen LogP contribution in [0.2, 0.25) is 0 Å². The van der Waals surface area contributed by atoms with Crippen LogP contribution in [0.4, 0.5) is 0 Å². The van der Waals surface area contributed by atoms with E-state index in [0.29, 0.717) is 24.9 Å². The van der Waals surface area contributed by atoms with Gasteiger partial charge in [0.1, 0.15) is 6.04 Å². The topological polar surface area (TPSA) is 83.4 Å². The third-order valence-corrected chi connectivity index (χ3v) is 2.65. The van der Waals surface area contributed by atoms with E-state index in [2.05, 4.69) is 10.1 Å². The van der Waals surface area contributed by atoms with Crippen LogP contribution in [-0.4, -0.2) is 37.1 Å². The summed E-state index contributed by atoms with van der Waals surface area (Å²) in [7, 11) is 1.59. The van der Waals surface area contributed by atoms with Crippen molar-refractivity contribution >= 4 is 0 Å². The molecule has 0 saturated carbocycles. The molecule has 0 bridgehead atoms. The van der Waals surface area contributed by atoms with E-state index in [9.17, 15) is 0 Å². The summed E-state index contributed by atoms with van der Waals surface area (Å²) in [5.41, 5.74) is 5.80. The lowest BCUT2D eigenvalue weighted by Crippen LogP contribution is -2.18. The Morgan fingerprint density at radius 3 is 3.19 bits per heavy atom. The average molecular weight is 227 g/mol. The monoisotopic (exact) mass is 227 g/mol. The van der Waals surface area contributed by atoms with E-state index < -0.39 is 0 Å². The minimum Gasteiger partial charge on any atom is -0.383 e. The van der Waals surface area contributed by atoms with Gasteiger partial charge >= 0.3 is 0 Å². The molecule has 2 rings (SSSR count). The molecular weight excluding hydrogens is 210 g/mol. The summed E-state index contributed by atoms with van der Waals surface area (Å²) in [6.45, 7) is 1.87. The van der Waals surface area contributed by atoms with Gasteiger partial charge in [-0.05, 0) is 12.8 Å². The minimum atomic E-state index is -0.351. The molecule has 2 unspecified atom stereocenters. The van der Waals surface area contributed by atoms with E-state index >= 15 is 0 Å². The number of ether oxygens (including phenoxy) is 2. The first-order chi connectivity index (χ1) is 7.81. The van der Waals surface area contributed by atoms with Crippen LogP contribution < -0.4 is 5.73 Å². The largest absolute Gasteiger partial charge is 0.383 e. The highest BCUT2D eigenvalue weighted by atomic mass is 16.5. The number of nitrogens with zero attached hydrogens (tertiary/aromatic N) is 2. The first-order valence-electron chi connectivity index (χ1n) is 5.47. The lowest BCUT2D eigenvalue weighted by Gasteiger charge is -2.18. The smallest absolute Gasteiger partial charge is 0.245 e. The Bertz CT molecular complexity index is 323. The highest BCUT2D eigenvalue weighted by Crippen LogP contribution is 2.23. The Kier molecular flexibility index (Phi) is 3.87. The number of nitrogens with two attached hydrogens (primary N) is 1. The van der Waals surface area contributed by atoms with Crippen molar-refractivity contribution in [3.05, 3.63) is 11.7 Å². The quantitative estimate of drug-likeness (QED) is 0.811. The fourth-order valence-electron chi connectivity index (χ4n) is 1.76. The summed E-state index contributed by atoms with van der Waals surface area (Å²) in [5.74, 6) is 1.37. The predicted octanol–water partition coefficient (Wildman–Crippen LogP) is 0.610. The Balaban J connectivity index is 2.00. The van der Waals surface area contributed by atoms with Crippen LogP contribution in [0.1, 0.15) is 36.5 Å². The molecular formula is C10H17N3O3. The van der Waals surface area contributed by atoms with Crippen molar-refractivity contribution in [2.75, 3.05) is 26.9 Å². The van der Waals surface area contributed by atoms with Gasteiger partial charge in [-0.3, -0.25) is 0 Å². The maximum absolute atomic E-state index is 5.80. The Morgan fingerprint density at radius 1 is 1.62 bits per heavy atom. The normalized spacial score (nSPS) is 23.2. The van der Waals surface area contributed by atoms with Crippen LogP contribution in [-0.2, 0) is 9.47 Å². The predicted molar refractivity (Wildman–Crippen MR) is 55.9 cm³/mol. The zero-order valence-corrected chi connectivity index (χ0v) is 9.39. The molecule has 2 heterocycles. The molecule has 90 valence electrons. The van der Waals surface area contributed by atoms with E-state index in [4.69, 9.17) is 19.7 Å². The second-order valence-corrected chi connectivity index (χ2v) is 3.97. The van der Waals surface area contributed by atoms with Crippen molar-refractivity contribution in [3.63, 3.8) is 0 Å². The highest BCUT2D eigenvalue weighted by Gasteiger charge is 2.23. The van der Waals surface area contributed by atoms with Gasteiger partial charge in [-0.25, -0.2) is 0 Å². The molecule has 6 heteroatoms. The first-order valence-corrected chi connectivity index (χ1v) is 5.47. The van der Waals surface area contributed by atoms with Crippen LogP contribution in [0.3, 0.4) is 0 Å². The summed E-state index contributed by atoms with van der Waals surface area (Å²) in [4.78, 5) is 4.29. The maximum atomic E-state index is 5.80. The number of hydrogen-bond acceptors (Lipinski definition) is 6. The zero-order valence-electron chi connectivity index (χ0n) is 9.39. The van der Waals surface area contributed by atoms with Crippen LogP contribution in [0, 0.1) is 0 Å². The van der Waals surface area contributed by atoms with Crippen LogP contribution in [0.15, 0.2) is 4.52 Å². The fourth-order valence-corrected chi connectivity index (χ4v) is 1.76. The van der Waals surface area contributed by atoms with Crippen LogP contribution >= 0.6 is 0 Å². The second-order valence-electron chi connectivity index (χ2n) is 3.97. The molecule has 1 aliphatic heterocycles. The average Bonchev–Trinajstić information content (AvgIpc) is 2.80. The van der Waals surface area contributed by atoms with Gasteiger partial charge in [0.05, 0.1) is 13.2 Å². The second kappa shape index (κ2) is 5.38. The molecule has 2 atom stereocenters. The number of methoxy groups -OCH3 is 1. The van der Waals surface area contributed by atoms with Gasteiger partial charge in [0.15, 0.2) is 5.82 Å². The van der Waals surface area contributed by atoms with Crippen LogP contribution in [0.5, 0.6) is 0 Å². The Morgan fingerprint density at radius 2 is 2.50 bits per heavy atom.